The van der Waals surface area contributed by atoms with Crippen molar-refractivity contribution in [2.24, 2.45) is 0 Å². The summed E-state index contributed by atoms with van der Waals surface area (Å²) in [5.41, 5.74) is 3.39. The molecule has 0 radical (unpaired) electrons. The van der Waals surface area contributed by atoms with Crippen molar-refractivity contribution >= 4 is 0 Å². The van der Waals surface area contributed by atoms with Gasteiger partial charge in [-0.15, -0.1) is 0 Å². The van der Waals surface area contributed by atoms with E-state index in [4.69, 9.17) is 9.47 Å². The number of hydrogen-bond donors (Lipinski definition) is 2. The van der Waals surface area contributed by atoms with Gasteiger partial charge in [0.1, 0.15) is 23.4 Å². The molecule has 2 N–H and O–H groups in total. The first-order valence-corrected chi connectivity index (χ1v) is 16.0. The summed E-state index contributed by atoms with van der Waals surface area (Å²) in [5, 5.41) is 26.3. The van der Waals surface area contributed by atoms with Gasteiger partial charge in [-0.1, -0.05) is 170 Å². The van der Waals surface area contributed by atoms with Gasteiger partial charge < -0.3 is 27.1 Å². The molecule has 5 heteroatoms. The molecule has 0 aliphatic carbocycles. The van der Waals surface area contributed by atoms with Crippen LogP contribution in [0.1, 0.15) is 36.1 Å². The van der Waals surface area contributed by atoms with Gasteiger partial charge in [0.15, 0.2) is 5.79 Å². The molecule has 7 rings (SSSR count). The Hall–Kier alpha value is -4.13. The zero-order valence-corrected chi connectivity index (χ0v) is 29.6. The molecule has 0 aromatic heterocycles. The summed E-state index contributed by atoms with van der Waals surface area (Å²) >= 11 is 0. The summed E-state index contributed by atoms with van der Waals surface area (Å²) in [4.78, 5) is 0. The normalized spacial score (nSPS) is 19.0. The van der Waals surface area contributed by atoms with E-state index in [2.05, 4.69) is 24.3 Å². The van der Waals surface area contributed by atoms with E-state index in [-0.39, 0.29) is 29.1 Å². The third-order valence-corrected chi connectivity index (χ3v) is 9.21. The maximum Gasteiger partial charge on any atom is 0.164 e. The van der Waals surface area contributed by atoms with Gasteiger partial charge in [0.2, 0.25) is 0 Å². The van der Waals surface area contributed by atoms with Crippen molar-refractivity contribution in [3.8, 4) is 22.3 Å². The summed E-state index contributed by atoms with van der Waals surface area (Å²) in [5.74, 6) is -1.12. The third kappa shape index (κ3) is 6.86. The molecule has 2 unspecified atom stereocenters. The zero-order chi connectivity index (χ0) is 32.5. The van der Waals surface area contributed by atoms with Gasteiger partial charge in [-0.25, -0.2) is 0 Å². The van der Waals surface area contributed by atoms with Gasteiger partial charge in [0, 0.05) is 21.7 Å². The van der Waals surface area contributed by atoms with Gasteiger partial charge in [-0.05, 0) is 58.4 Å². The predicted molar refractivity (Wildman–Crippen MR) is 193 cm³/mol. The van der Waals surface area contributed by atoms with E-state index in [1.807, 2.05) is 159 Å². The summed E-state index contributed by atoms with van der Waals surface area (Å²) in [6, 6.07) is 55.1. The van der Waals surface area contributed by atoms with E-state index < -0.39 is 29.2 Å². The van der Waals surface area contributed by atoms with Crippen LogP contribution in [0.5, 0.6) is 0 Å². The fraction of sp³-hybridized carbons (Fsp3) is 0.159. The molecule has 1 fully saturated rings. The Balaban J connectivity index is 0.00000234. The third-order valence-electron chi connectivity index (χ3n) is 9.21. The van der Waals surface area contributed by atoms with E-state index in [1.165, 1.54) is 0 Å². The Labute approximate surface area is 304 Å². The Morgan fingerprint density at radius 1 is 0.408 bits per heavy atom. The molecule has 6 aromatic rings. The van der Waals surface area contributed by atoms with Crippen molar-refractivity contribution in [3.05, 3.63) is 200 Å². The minimum atomic E-state index is -1.69. The van der Waals surface area contributed by atoms with E-state index in [1.54, 1.807) is 0 Å². The van der Waals surface area contributed by atoms with Crippen LogP contribution in [0.15, 0.2) is 170 Å². The second-order valence-electron chi connectivity index (χ2n) is 12.6. The molecule has 0 bridgehead atoms. The minimum absolute atomic E-state index is 0. The van der Waals surface area contributed by atoms with Gasteiger partial charge >= 0.3 is 0 Å². The number of aliphatic hydroxyl groups is 2. The smallest absolute Gasteiger partial charge is 0.164 e. The summed E-state index contributed by atoms with van der Waals surface area (Å²) in [7, 11) is 0. The molecule has 6 aromatic carbocycles. The number of ether oxygens (including phenoxy) is 2. The molecule has 4 atom stereocenters. The van der Waals surface area contributed by atoms with Gasteiger partial charge in [-0.3, -0.25) is 0 Å². The fourth-order valence-corrected chi connectivity index (χ4v) is 6.84. The van der Waals surface area contributed by atoms with Crippen molar-refractivity contribution in [2.75, 3.05) is 0 Å². The topological polar surface area (TPSA) is 58.9 Å². The average molecular weight is 682 g/mol. The van der Waals surface area contributed by atoms with Crippen molar-refractivity contribution in [2.45, 2.75) is 43.0 Å². The summed E-state index contributed by atoms with van der Waals surface area (Å²) < 4.78 is 13.4. The Morgan fingerprint density at radius 2 is 0.653 bits per heavy atom. The van der Waals surface area contributed by atoms with E-state index >= 15 is 0 Å². The quantitative estimate of drug-likeness (QED) is 0.124. The molecular weight excluding hydrogens is 640 g/mol. The van der Waals surface area contributed by atoms with Crippen LogP contribution in [0.2, 0.25) is 0 Å². The van der Waals surface area contributed by atoms with Gasteiger partial charge in [0.05, 0.1) is 0 Å². The van der Waals surface area contributed by atoms with Crippen LogP contribution in [0.3, 0.4) is 0 Å². The molecule has 1 aliphatic rings. The zero-order valence-electron chi connectivity index (χ0n) is 28.0. The first-order valence-electron chi connectivity index (χ1n) is 16.0. The van der Waals surface area contributed by atoms with Gasteiger partial charge in [0.25, 0.3) is 0 Å². The first kappa shape index (κ1) is 36.2. The predicted octanol–water partition coefficient (Wildman–Crippen LogP) is 9.16. The molecule has 1 saturated heterocycles. The molecule has 1 heterocycles. The van der Waals surface area contributed by atoms with Crippen molar-refractivity contribution in [1.82, 2.24) is 0 Å². The second kappa shape index (κ2) is 14.8. The number of rotatable bonds is 8. The molecule has 0 saturated carbocycles. The monoisotopic (exact) mass is 681 g/mol. The average Bonchev–Trinajstić information content (AvgIpc) is 3.48. The van der Waals surface area contributed by atoms with Crippen LogP contribution >= 0.6 is 0 Å². The van der Waals surface area contributed by atoms with Crippen molar-refractivity contribution in [1.29, 1.82) is 0 Å². The SMILES string of the molecule is CC1(C)O[C@@H](C(O)(c2ccccc2)c2ccc(-c3ccccc3)cc2)[C@H](C(O)(c2ccccc2)c2ccc(-c3ccccc3)cc2)O1.[CH3-].[Ti]. The molecule has 4 nitrogen and oxygen atoms in total. The molecule has 0 spiro atoms. The Kier molecular flexibility index (Phi) is 10.9. The summed E-state index contributed by atoms with van der Waals surface area (Å²) in [6.07, 6.45) is -2.03. The maximum absolute atomic E-state index is 13.2. The number of benzene rings is 6. The van der Waals surface area contributed by atoms with Crippen LogP contribution in [0.4, 0.5) is 0 Å². The largest absolute Gasteiger partial charge is 0.378 e. The standard InChI is InChI=1S/C43H38O4.CH3.Ti/c1-41(2)46-39(42(44,35-19-11-5-12-20-35)37-27-23-33(24-28-37)31-15-7-3-8-16-31)40(47-41)43(45,36-21-13-6-14-22-36)38-29-25-34(26-30-38)32-17-9-4-10-18-32;;/h3-30,39-40,44-45H,1-2H3;1H3;/q;-1;/t39-,40-,42?,43?;;/m1../s1. The molecule has 49 heavy (non-hydrogen) atoms. The van der Waals surface area contributed by atoms with Crippen molar-refractivity contribution < 1.29 is 41.4 Å². The summed E-state index contributed by atoms with van der Waals surface area (Å²) in [6.45, 7) is 3.65. The maximum atomic E-state index is 13.2. The fourth-order valence-electron chi connectivity index (χ4n) is 6.84. The Morgan fingerprint density at radius 3 is 0.959 bits per heavy atom. The van der Waals surface area contributed by atoms with E-state index in [0.29, 0.717) is 22.3 Å². The molecular formula is C44H41O4Ti-. The van der Waals surface area contributed by atoms with Gasteiger partial charge in [-0.2, -0.15) is 0 Å². The second-order valence-corrected chi connectivity index (χ2v) is 12.6. The van der Waals surface area contributed by atoms with E-state index in [0.717, 1.165) is 22.3 Å². The van der Waals surface area contributed by atoms with Crippen LogP contribution in [0, 0.1) is 7.43 Å². The van der Waals surface area contributed by atoms with Crippen molar-refractivity contribution in [3.63, 3.8) is 0 Å². The van der Waals surface area contributed by atoms with Crippen LogP contribution in [-0.4, -0.2) is 28.2 Å². The van der Waals surface area contributed by atoms with Crippen LogP contribution in [0.25, 0.3) is 22.3 Å². The molecule has 0 amide bonds. The van der Waals surface area contributed by atoms with Crippen LogP contribution in [-0.2, 0) is 42.4 Å². The molecule has 1 aliphatic heterocycles. The number of hydrogen-bond acceptors (Lipinski definition) is 4. The van der Waals surface area contributed by atoms with E-state index in [9.17, 15) is 10.2 Å². The first-order chi connectivity index (χ1) is 22.8. The molecule has 246 valence electrons. The van der Waals surface area contributed by atoms with Crippen LogP contribution < -0.4 is 0 Å². The minimum Gasteiger partial charge on any atom is -0.378 e. The Bertz CT molecular complexity index is 1770.